The first-order chi connectivity index (χ1) is 25.3. The molecule has 3 nitrogen and oxygen atoms in total. The van der Waals surface area contributed by atoms with Gasteiger partial charge >= 0.3 is 0 Å². The average molecular weight is 650 g/mol. The molecule has 0 fully saturated rings. The second kappa shape index (κ2) is 10.8. The molecule has 0 N–H and O–H groups in total. The zero-order chi connectivity index (χ0) is 33.5. The van der Waals surface area contributed by atoms with E-state index in [9.17, 15) is 0 Å². The normalized spacial score (nSPS) is 11.9. The molecule has 3 heterocycles. The summed E-state index contributed by atoms with van der Waals surface area (Å²) in [5, 5.41) is 8.83. The van der Waals surface area contributed by atoms with Crippen molar-refractivity contribution in [3.05, 3.63) is 188 Å². The quantitative estimate of drug-likeness (QED) is 0.180. The molecule has 0 unspecified atom stereocenters. The first-order valence-electron chi connectivity index (χ1n) is 17.5. The van der Waals surface area contributed by atoms with Gasteiger partial charge in [-0.2, -0.15) is 0 Å². The molecule has 0 spiro atoms. The highest BCUT2D eigenvalue weighted by Crippen LogP contribution is 2.39. The Kier molecular flexibility index (Phi) is 5.96. The molecule has 0 aliphatic heterocycles. The van der Waals surface area contributed by atoms with Gasteiger partial charge in [0.15, 0.2) is 0 Å². The molecule has 8 aromatic carbocycles. The molecule has 3 aromatic heterocycles. The van der Waals surface area contributed by atoms with Gasteiger partial charge in [-0.05, 0) is 107 Å². The van der Waals surface area contributed by atoms with Gasteiger partial charge in [-0.15, -0.1) is 0 Å². The van der Waals surface area contributed by atoms with Crippen molar-refractivity contribution in [1.82, 2.24) is 13.7 Å². The third-order valence-corrected chi connectivity index (χ3v) is 10.6. The summed E-state index contributed by atoms with van der Waals surface area (Å²) in [6.45, 7) is 0. The van der Waals surface area contributed by atoms with Crippen molar-refractivity contribution in [3.63, 3.8) is 0 Å². The van der Waals surface area contributed by atoms with Gasteiger partial charge in [-0.1, -0.05) is 97.1 Å². The van der Waals surface area contributed by atoms with E-state index >= 15 is 0 Å². The molecule has 0 saturated carbocycles. The maximum atomic E-state index is 2.40. The van der Waals surface area contributed by atoms with Gasteiger partial charge in [0.25, 0.3) is 0 Å². The van der Waals surface area contributed by atoms with E-state index in [1.165, 1.54) is 87.8 Å². The highest BCUT2D eigenvalue weighted by atomic mass is 15.0. The number of fused-ring (bicyclic) bond motifs is 9. The molecular formula is C48H31N3. The molecule has 0 bridgehead atoms. The number of aromatic nitrogens is 3. The number of nitrogens with zero attached hydrogens (tertiary/aromatic N) is 3. The van der Waals surface area contributed by atoms with Crippen LogP contribution in [0.1, 0.15) is 0 Å². The van der Waals surface area contributed by atoms with E-state index in [-0.39, 0.29) is 0 Å². The standard InChI is InChI=1S/C48H31N3/c1-3-13-35(14-4-1)50-45-20-9-7-18-38(45)42-29-33(22-25-47(42)50)32-12-11-17-37(28-32)49-27-26-40-41-31-48-43(30-34(41)23-24-44(40)49)39-19-8-10-21-46(39)51(48)36-15-5-2-6-16-36/h1-31H. The minimum atomic E-state index is 1.15. The van der Waals surface area contributed by atoms with E-state index in [2.05, 4.69) is 202 Å². The summed E-state index contributed by atoms with van der Waals surface area (Å²) in [4.78, 5) is 0. The maximum Gasteiger partial charge on any atom is 0.0547 e. The molecule has 0 aliphatic rings. The second-order valence-electron chi connectivity index (χ2n) is 13.4. The Labute approximate surface area is 294 Å². The smallest absolute Gasteiger partial charge is 0.0547 e. The van der Waals surface area contributed by atoms with E-state index in [1.54, 1.807) is 0 Å². The highest BCUT2D eigenvalue weighted by molar-refractivity contribution is 6.18. The molecule has 0 amide bonds. The average Bonchev–Trinajstić information content (AvgIpc) is 3.88. The van der Waals surface area contributed by atoms with Crippen molar-refractivity contribution in [1.29, 1.82) is 0 Å². The minimum Gasteiger partial charge on any atom is -0.317 e. The lowest BCUT2D eigenvalue weighted by Gasteiger charge is -2.11. The van der Waals surface area contributed by atoms with Gasteiger partial charge in [0.1, 0.15) is 0 Å². The Hall–Kier alpha value is -6.84. The predicted molar refractivity (Wildman–Crippen MR) is 215 cm³/mol. The first kappa shape index (κ1) is 28.0. The lowest BCUT2D eigenvalue weighted by molar-refractivity contribution is 1.13. The summed E-state index contributed by atoms with van der Waals surface area (Å²) < 4.78 is 7.10. The number of rotatable bonds is 4. The molecule has 11 rings (SSSR count). The number of para-hydroxylation sites is 4. The maximum absolute atomic E-state index is 2.40. The molecule has 0 atom stereocenters. The number of hydrogen-bond donors (Lipinski definition) is 0. The molecule has 0 aliphatic carbocycles. The number of benzene rings is 8. The van der Waals surface area contributed by atoms with Crippen LogP contribution in [-0.2, 0) is 0 Å². The van der Waals surface area contributed by atoms with Crippen LogP contribution in [0.2, 0.25) is 0 Å². The molecule has 11 aromatic rings. The van der Waals surface area contributed by atoms with Crippen LogP contribution in [0.5, 0.6) is 0 Å². The molecule has 51 heavy (non-hydrogen) atoms. The van der Waals surface area contributed by atoms with Gasteiger partial charge in [0, 0.05) is 50.2 Å². The topological polar surface area (TPSA) is 14.8 Å². The Morgan fingerprint density at radius 1 is 0.275 bits per heavy atom. The van der Waals surface area contributed by atoms with Crippen LogP contribution in [0.3, 0.4) is 0 Å². The Morgan fingerprint density at radius 3 is 1.55 bits per heavy atom. The minimum absolute atomic E-state index is 1.15. The van der Waals surface area contributed by atoms with Crippen LogP contribution in [0.25, 0.3) is 93.5 Å². The van der Waals surface area contributed by atoms with Gasteiger partial charge < -0.3 is 13.7 Å². The van der Waals surface area contributed by atoms with Gasteiger partial charge in [0.05, 0.1) is 27.6 Å². The summed E-state index contributed by atoms with van der Waals surface area (Å²) in [5.74, 6) is 0. The Balaban J connectivity index is 1.06. The van der Waals surface area contributed by atoms with Crippen molar-refractivity contribution in [2.45, 2.75) is 0 Å². The fourth-order valence-electron chi connectivity index (χ4n) is 8.34. The number of hydrogen-bond acceptors (Lipinski definition) is 0. The fraction of sp³-hybridized carbons (Fsp3) is 0. The zero-order valence-electron chi connectivity index (χ0n) is 27.7. The van der Waals surface area contributed by atoms with E-state index in [4.69, 9.17) is 0 Å². The Morgan fingerprint density at radius 2 is 0.824 bits per heavy atom. The zero-order valence-corrected chi connectivity index (χ0v) is 27.7. The summed E-state index contributed by atoms with van der Waals surface area (Å²) in [7, 11) is 0. The van der Waals surface area contributed by atoms with Crippen molar-refractivity contribution in [2.75, 3.05) is 0 Å². The van der Waals surface area contributed by atoms with Crippen LogP contribution in [-0.4, -0.2) is 13.7 Å². The monoisotopic (exact) mass is 649 g/mol. The third-order valence-electron chi connectivity index (χ3n) is 10.6. The second-order valence-corrected chi connectivity index (χ2v) is 13.4. The first-order valence-corrected chi connectivity index (χ1v) is 17.5. The van der Waals surface area contributed by atoms with E-state index in [1.807, 2.05) is 0 Å². The predicted octanol–water partition coefficient (Wildman–Crippen LogP) is 12.6. The van der Waals surface area contributed by atoms with Crippen LogP contribution < -0.4 is 0 Å². The van der Waals surface area contributed by atoms with E-state index in [0.717, 1.165) is 5.69 Å². The van der Waals surface area contributed by atoms with E-state index < -0.39 is 0 Å². The van der Waals surface area contributed by atoms with Crippen LogP contribution >= 0.6 is 0 Å². The summed E-state index contributed by atoms with van der Waals surface area (Å²) >= 11 is 0. The molecule has 0 saturated heterocycles. The molecular weight excluding hydrogens is 619 g/mol. The van der Waals surface area contributed by atoms with Gasteiger partial charge in [0.2, 0.25) is 0 Å². The van der Waals surface area contributed by atoms with Crippen molar-refractivity contribution in [2.24, 2.45) is 0 Å². The largest absolute Gasteiger partial charge is 0.317 e. The van der Waals surface area contributed by atoms with Crippen LogP contribution in [0.4, 0.5) is 0 Å². The van der Waals surface area contributed by atoms with Crippen molar-refractivity contribution in [3.8, 4) is 28.2 Å². The Bertz CT molecular complexity index is 3120. The summed E-state index contributed by atoms with van der Waals surface area (Å²) in [5.41, 5.74) is 12.0. The van der Waals surface area contributed by atoms with Gasteiger partial charge in [-0.25, -0.2) is 0 Å². The molecule has 0 radical (unpaired) electrons. The lowest BCUT2D eigenvalue weighted by Crippen LogP contribution is -1.94. The molecule has 238 valence electrons. The lowest BCUT2D eigenvalue weighted by atomic mass is 10.0. The molecule has 3 heteroatoms. The summed E-state index contributed by atoms with van der Waals surface area (Å²) in [6.07, 6.45) is 2.22. The van der Waals surface area contributed by atoms with Crippen LogP contribution in [0, 0.1) is 0 Å². The van der Waals surface area contributed by atoms with Crippen LogP contribution in [0.15, 0.2) is 188 Å². The highest BCUT2D eigenvalue weighted by Gasteiger charge is 2.16. The summed E-state index contributed by atoms with van der Waals surface area (Å²) in [6, 6.07) is 66.2. The SMILES string of the molecule is c1ccc(-n2c3ccccc3c3cc(-c4cccc(-n5ccc6c7cc8c(cc7ccc65)c5ccccc5n8-c5ccccc5)c4)ccc32)cc1. The fourth-order valence-corrected chi connectivity index (χ4v) is 8.34. The van der Waals surface area contributed by atoms with Crippen molar-refractivity contribution < 1.29 is 0 Å². The van der Waals surface area contributed by atoms with Gasteiger partial charge in [-0.3, -0.25) is 0 Å². The third kappa shape index (κ3) is 4.19. The van der Waals surface area contributed by atoms with Crippen molar-refractivity contribution >= 4 is 65.3 Å². The van der Waals surface area contributed by atoms with E-state index in [0.29, 0.717) is 0 Å².